The first-order valence-corrected chi connectivity index (χ1v) is 8.90. The average Bonchev–Trinajstić information content (AvgIpc) is 3.00. The molecule has 3 heterocycles. The van der Waals surface area contributed by atoms with Gasteiger partial charge in [0.05, 0.1) is 23.4 Å². The summed E-state index contributed by atoms with van der Waals surface area (Å²) in [5, 5.41) is 11.0. The summed E-state index contributed by atoms with van der Waals surface area (Å²) < 4.78 is 0. The number of aliphatic hydroxyl groups is 1. The number of β-amino-alcohol motifs (C(OH)–C–C–N with tert-alkyl or cyclic N) is 1. The topological polar surface area (TPSA) is 69.6 Å². The van der Waals surface area contributed by atoms with E-state index in [4.69, 9.17) is 0 Å². The average molecular weight is 346 g/mol. The normalized spacial score (nSPS) is 20.9. The van der Waals surface area contributed by atoms with Crippen LogP contribution in [0.25, 0.3) is 0 Å². The third-order valence-corrected chi connectivity index (χ3v) is 5.26. The zero-order chi connectivity index (χ0) is 17.2. The first-order chi connectivity index (χ1) is 11.5. The molecule has 2 aromatic rings. The Balaban J connectivity index is 1.69. The Morgan fingerprint density at radius 3 is 2.96 bits per heavy atom. The molecule has 0 bridgehead atoms. The first kappa shape index (κ1) is 16.9. The van der Waals surface area contributed by atoms with Crippen molar-refractivity contribution in [2.75, 3.05) is 31.6 Å². The second-order valence-electron chi connectivity index (χ2n) is 6.37. The first-order valence-electron chi connectivity index (χ1n) is 8.02. The molecule has 0 unspecified atom stereocenters. The van der Waals surface area contributed by atoms with Crippen molar-refractivity contribution in [1.82, 2.24) is 14.9 Å². The van der Waals surface area contributed by atoms with E-state index >= 15 is 0 Å². The number of hydrogen-bond acceptors (Lipinski definition) is 6. The molecule has 3 rings (SSSR count). The van der Waals surface area contributed by atoms with Gasteiger partial charge in [0.25, 0.3) is 5.91 Å². The number of carbonyl (C=O) groups is 1. The quantitative estimate of drug-likeness (QED) is 0.916. The Morgan fingerprint density at radius 2 is 2.29 bits per heavy atom. The molecule has 1 N–H and O–H groups in total. The molecule has 1 atom stereocenters. The molecule has 0 aliphatic carbocycles. The largest absolute Gasteiger partial charge is 0.386 e. The van der Waals surface area contributed by atoms with E-state index in [-0.39, 0.29) is 5.91 Å². The minimum Gasteiger partial charge on any atom is -0.386 e. The van der Waals surface area contributed by atoms with Crippen LogP contribution < -0.4 is 4.90 Å². The number of anilines is 1. The van der Waals surface area contributed by atoms with Crippen molar-refractivity contribution in [3.8, 4) is 0 Å². The molecule has 1 amide bonds. The van der Waals surface area contributed by atoms with Crippen molar-refractivity contribution in [1.29, 1.82) is 0 Å². The van der Waals surface area contributed by atoms with Crippen molar-refractivity contribution >= 4 is 23.1 Å². The highest BCUT2D eigenvalue weighted by Crippen LogP contribution is 2.26. The molecule has 7 heteroatoms. The molecule has 0 spiro atoms. The molecule has 2 aromatic heterocycles. The number of amides is 1. The van der Waals surface area contributed by atoms with Crippen LogP contribution in [0.4, 0.5) is 5.82 Å². The molecule has 0 saturated carbocycles. The van der Waals surface area contributed by atoms with Gasteiger partial charge in [-0.05, 0) is 31.9 Å². The number of aromatic nitrogens is 2. The van der Waals surface area contributed by atoms with Gasteiger partial charge in [-0.3, -0.25) is 4.79 Å². The van der Waals surface area contributed by atoms with Crippen molar-refractivity contribution in [3.05, 3.63) is 40.5 Å². The summed E-state index contributed by atoms with van der Waals surface area (Å²) in [6.45, 7) is 3.47. The monoisotopic (exact) mass is 346 g/mol. The number of pyridine rings is 1. The van der Waals surface area contributed by atoms with Crippen LogP contribution in [-0.2, 0) is 0 Å². The van der Waals surface area contributed by atoms with Gasteiger partial charge in [0.1, 0.15) is 10.7 Å². The van der Waals surface area contributed by atoms with Gasteiger partial charge in [-0.15, -0.1) is 11.3 Å². The van der Waals surface area contributed by atoms with Crippen LogP contribution in [0.1, 0.15) is 28.2 Å². The minimum absolute atomic E-state index is 0.0848. The van der Waals surface area contributed by atoms with E-state index < -0.39 is 5.60 Å². The Morgan fingerprint density at radius 1 is 1.46 bits per heavy atom. The second-order valence-corrected chi connectivity index (χ2v) is 7.22. The molecule has 6 nitrogen and oxygen atoms in total. The maximum Gasteiger partial charge on any atom is 0.265 e. The van der Waals surface area contributed by atoms with Crippen LogP contribution in [0.3, 0.4) is 0 Å². The van der Waals surface area contributed by atoms with Crippen LogP contribution in [-0.4, -0.2) is 58.2 Å². The summed E-state index contributed by atoms with van der Waals surface area (Å²) >= 11 is 1.34. The number of nitrogens with zero attached hydrogens (tertiary/aromatic N) is 4. The maximum atomic E-state index is 12.6. The number of rotatable bonds is 4. The highest BCUT2D eigenvalue weighted by atomic mass is 32.1. The molecule has 1 fully saturated rings. The van der Waals surface area contributed by atoms with Gasteiger partial charge in [0.2, 0.25) is 0 Å². The number of likely N-dealkylation sites (N-methyl/N-ethyl adjacent to an activating group) is 1. The summed E-state index contributed by atoms with van der Waals surface area (Å²) in [6, 6.07) is 5.77. The van der Waals surface area contributed by atoms with E-state index in [1.807, 2.05) is 25.1 Å². The summed E-state index contributed by atoms with van der Waals surface area (Å²) in [5.41, 5.74) is 1.48. The third kappa shape index (κ3) is 3.57. The fourth-order valence-corrected chi connectivity index (χ4v) is 3.97. The zero-order valence-electron chi connectivity index (χ0n) is 14.0. The lowest BCUT2D eigenvalue weighted by Crippen LogP contribution is -2.54. The lowest BCUT2D eigenvalue weighted by Gasteiger charge is -2.41. The Hall–Kier alpha value is -1.99. The molecule has 0 aromatic carbocycles. The number of carbonyl (C=O) groups excluding carboxylic acids is 1. The molecule has 1 aliphatic rings. The summed E-state index contributed by atoms with van der Waals surface area (Å²) in [7, 11) is 1.74. The molecule has 1 aliphatic heterocycles. The lowest BCUT2D eigenvalue weighted by molar-refractivity contribution is -0.0000379. The Kier molecular flexibility index (Phi) is 4.82. The van der Waals surface area contributed by atoms with Crippen molar-refractivity contribution in [2.45, 2.75) is 25.4 Å². The molecule has 0 radical (unpaired) electrons. The van der Waals surface area contributed by atoms with Gasteiger partial charge in [-0.25, -0.2) is 9.97 Å². The third-order valence-electron chi connectivity index (χ3n) is 4.35. The summed E-state index contributed by atoms with van der Waals surface area (Å²) in [4.78, 5) is 25.4. The van der Waals surface area contributed by atoms with Crippen molar-refractivity contribution in [2.24, 2.45) is 0 Å². The highest BCUT2D eigenvalue weighted by molar-refractivity contribution is 7.11. The van der Waals surface area contributed by atoms with Gasteiger partial charge in [0, 0.05) is 26.3 Å². The molecule has 24 heavy (non-hydrogen) atoms. The number of aryl methyl sites for hydroxylation is 1. The van der Waals surface area contributed by atoms with Gasteiger partial charge in [-0.2, -0.15) is 0 Å². The molecular weight excluding hydrogens is 324 g/mol. The predicted octanol–water partition coefficient (Wildman–Crippen LogP) is 1.95. The standard InChI is InChI=1S/C17H22N4O2S/c1-13-15(24-12-19-13)16(22)20(2)10-17(23)7-5-9-21(11-17)14-6-3-4-8-18-14/h3-4,6,8,12,23H,5,7,9-11H2,1-2H3/t17-/m1/s1. The summed E-state index contributed by atoms with van der Waals surface area (Å²) in [6.07, 6.45) is 3.30. The lowest BCUT2D eigenvalue weighted by atomic mass is 9.92. The SMILES string of the molecule is Cc1ncsc1C(=O)N(C)C[C@]1(O)CCCN(c2ccccn2)C1. The van der Waals surface area contributed by atoms with Gasteiger partial charge >= 0.3 is 0 Å². The van der Waals surface area contributed by atoms with Crippen LogP contribution in [0.15, 0.2) is 29.9 Å². The van der Waals surface area contributed by atoms with E-state index in [0.29, 0.717) is 24.4 Å². The summed E-state index contributed by atoms with van der Waals surface area (Å²) in [5.74, 6) is 0.779. The Bertz CT molecular complexity index is 706. The number of thiazole rings is 1. The van der Waals surface area contributed by atoms with E-state index in [1.165, 1.54) is 11.3 Å². The van der Waals surface area contributed by atoms with E-state index in [9.17, 15) is 9.90 Å². The predicted molar refractivity (Wildman–Crippen MR) is 94.4 cm³/mol. The van der Waals surface area contributed by atoms with Crippen LogP contribution >= 0.6 is 11.3 Å². The minimum atomic E-state index is -0.932. The second kappa shape index (κ2) is 6.86. The van der Waals surface area contributed by atoms with Gasteiger partial charge in [-0.1, -0.05) is 6.07 Å². The van der Waals surface area contributed by atoms with Crippen LogP contribution in [0.5, 0.6) is 0 Å². The fraction of sp³-hybridized carbons (Fsp3) is 0.471. The highest BCUT2D eigenvalue weighted by Gasteiger charge is 2.36. The van der Waals surface area contributed by atoms with Crippen molar-refractivity contribution < 1.29 is 9.90 Å². The zero-order valence-corrected chi connectivity index (χ0v) is 14.8. The molecule has 128 valence electrons. The van der Waals surface area contributed by atoms with Crippen molar-refractivity contribution in [3.63, 3.8) is 0 Å². The maximum absolute atomic E-state index is 12.6. The van der Waals surface area contributed by atoms with E-state index in [1.54, 1.807) is 23.7 Å². The molecule has 1 saturated heterocycles. The Labute approximate surface area is 145 Å². The van der Waals surface area contributed by atoms with Crippen LogP contribution in [0.2, 0.25) is 0 Å². The fourth-order valence-electron chi connectivity index (χ4n) is 3.17. The van der Waals surface area contributed by atoms with Gasteiger partial charge in [0.15, 0.2) is 0 Å². The van der Waals surface area contributed by atoms with E-state index in [2.05, 4.69) is 14.9 Å². The van der Waals surface area contributed by atoms with Gasteiger partial charge < -0.3 is 14.9 Å². The smallest absolute Gasteiger partial charge is 0.265 e. The molecular formula is C17H22N4O2S. The number of hydrogen-bond donors (Lipinski definition) is 1. The van der Waals surface area contributed by atoms with E-state index in [0.717, 1.165) is 24.5 Å². The van der Waals surface area contributed by atoms with Crippen LogP contribution in [0, 0.1) is 6.92 Å². The number of piperidine rings is 1.